The number of carboxylic acids is 1. The van der Waals surface area contributed by atoms with Crippen LogP contribution in [0, 0.1) is 0 Å². The van der Waals surface area contributed by atoms with Crippen molar-refractivity contribution >= 4 is 11.9 Å². The molecule has 1 fully saturated rings. The summed E-state index contributed by atoms with van der Waals surface area (Å²) >= 11 is 0. The lowest BCUT2D eigenvalue weighted by molar-refractivity contribution is -0.146. The van der Waals surface area contributed by atoms with Crippen LogP contribution in [-0.2, 0) is 16.1 Å². The van der Waals surface area contributed by atoms with Gasteiger partial charge in [-0.15, -0.1) is 0 Å². The predicted octanol–water partition coefficient (Wildman–Crippen LogP) is 1.45. The van der Waals surface area contributed by atoms with Gasteiger partial charge in [-0.3, -0.25) is 4.79 Å². The van der Waals surface area contributed by atoms with Crippen LogP contribution in [0.15, 0.2) is 42.6 Å². The van der Waals surface area contributed by atoms with Gasteiger partial charge in [0, 0.05) is 12.6 Å². The Morgan fingerprint density at radius 2 is 2.05 bits per heavy atom. The number of carbonyl (C=O) groups is 2. The fraction of sp³-hybridized carbons (Fsp3) is 0.267. The molecule has 6 heteroatoms. The van der Waals surface area contributed by atoms with Crippen LogP contribution in [0.5, 0.6) is 0 Å². The molecule has 21 heavy (non-hydrogen) atoms. The van der Waals surface area contributed by atoms with Gasteiger partial charge in [-0.05, 0) is 24.6 Å². The van der Waals surface area contributed by atoms with Gasteiger partial charge in [-0.1, -0.05) is 18.2 Å². The quantitative estimate of drug-likeness (QED) is 0.922. The Morgan fingerprint density at radius 1 is 1.29 bits per heavy atom. The van der Waals surface area contributed by atoms with E-state index in [2.05, 4.69) is 5.10 Å². The summed E-state index contributed by atoms with van der Waals surface area (Å²) in [5.74, 6) is -1.08. The third-order valence-corrected chi connectivity index (χ3v) is 3.61. The Hall–Kier alpha value is -2.63. The van der Waals surface area contributed by atoms with Crippen LogP contribution in [0.3, 0.4) is 0 Å². The van der Waals surface area contributed by atoms with Crippen molar-refractivity contribution in [1.29, 1.82) is 0 Å². The number of benzene rings is 1. The second kappa shape index (κ2) is 5.40. The Morgan fingerprint density at radius 3 is 2.76 bits per heavy atom. The van der Waals surface area contributed by atoms with Crippen molar-refractivity contribution in [3.63, 3.8) is 0 Å². The molecule has 1 unspecified atom stereocenters. The summed E-state index contributed by atoms with van der Waals surface area (Å²) < 4.78 is 1.71. The highest BCUT2D eigenvalue weighted by molar-refractivity contribution is 5.87. The number of carboxylic acid groups (broad SMARTS) is 1. The summed E-state index contributed by atoms with van der Waals surface area (Å²) in [7, 11) is 0. The highest BCUT2D eigenvalue weighted by Gasteiger charge is 2.36. The van der Waals surface area contributed by atoms with Crippen LogP contribution < -0.4 is 0 Å². The number of aliphatic carboxylic acids is 1. The van der Waals surface area contributed by atoms with Gasteiger partial charge in [0.15, 0.2) is 0 Å². The van der Waals surface area contributed by atoms with E-state index in [0.717, 1.165) is 5.69 Å². The van der Waals surface area contributed by atoms with E-state index in [4.69, 9.17) is 5.11 Å². The fourth-order valence-electron chi connectivity index (χ4n) is 2.53. The van der Waals surface area contributed by atoms with Crippen LogP contribution in [0.25, 0.3) is 5.69 Å². The van der Waals surface area contributed by atoms with Gasteiger partial charge in [0.25, 0.3) is 0 Å². The maximum absolute atomic E-state index is 11.8. The normalized spacial score (nSPS) is 18.2. The molecule has 1 aliphatic rings. The maximum Gasteiger partial charge on any atom is 0.326 e. The van der Waals surface area contributed by atoms with Gasteiger partial charge in [0.1, 0.15) is 6.04 Å². The first-order valence-corrected chi connectivity index (χ1v) is 6.77. The summed E-state index contributed by atoms with van der Waals surface area (Å²) in [4.78, 5) is 24.3. The van der Waals surface area contributed by atoms with E-state index in [1.807, 2.05) is 30.3 Å². The number of likely N-dealkylation sites (tertiary alicyclic amines) is 1. The number of hydrogen-bond acceptors (Lipinski definition) is 3. The Labute approximate surface area is 121 Å². The number of carbonyl (C=O) groups excluding carboxylic acids is 1. The van der Waals surface area contributed by atoms with E-state index in [1.54, 1.807) is 16.9 Å². The van der Waals surface area contributed by atoms with Crippen molar-refractivity contribution in [2.75, 3.05) is 0 Å². The lowest BCUT2D eigenvalue weighted by atomic mass is 10.2. The number of amides is 1. The van der Waals surface area contributed by atoms with E-state index in [1.165, 1.54) is 4.90 Å². The molecule has 1 aromatic heterocycles. The van der Waals surface area contributed by atoms with Crippen LogP contribution in [0.2, 0.25) is 0 Å². The van der Waals surface area contributed by atoms with Crippen LogP contribution in [0.1, 0.15) is 18.5 Å². The van der Waals surface area contributed by atoms with Crippen molar-refractivity contribution in [2.45, 2.75) is 25.4 Å². The van der Waals surface area contributed by atoms with Gasteiger partial charge in [0.2, 0.25) is 5.91 Å². The van der Waals surface area contributed by atoms with Crippen molar-refractivity contribution in [3.05, 3.63) is 48.3 Å². The Kier molecular flexibility index (Phi) is 3.43. The molecule has 2 heterocycles. The zero-order chi connectivity index (χ0) is 14.8. The summed E-state index contributed by atoms with van der Waals surface area (Å²) in [6.07, 6.45) is 2.46. The van der Waals surface area contributed by atoms with Gasteiger partial charge in [-0.25, -0.2) is 9.48 Å². The number of aromatic nitrogens is 2. The SMILES string of the molecule is O=C(O)C1CCC(=O)N1Cc1ccn(-c2ccccc2)n1. The topological polar surface area (TPSA) is 75.4 Å². The number of nitrogens with zero attached hydrogens (tertiary/aromatic N) is 3. The second-order valence-electron chi connectivity index (χ2n) is 5.00. The smallest absolute Gasteiger partial charge is 0.326 e. The molecule has 1 aliphatic heterocycles. The predicted molar refractivity (Wildman–Crippen MR) is 74.8 cm³/mol. The summed E-state index contributed by atoms with van der Waals surface area (Å²) in [5.41, 5.74) is 1.60. The lowest BCUT2D eigenvalue weighted by Gasteiger charge is -2.20. The van der Waals surface area contributed by atoms with Gasteiger partial charge < -0.3 is 10.0 Å². The van der Waals surface area contributed by atoms with Crippen LogP contribution in [0.4, 0.5) is 0 Å². The molecule has 1 saturated heterocycles. The minimum absolute atomic E-state index is 0.128. The number of para-hydroxylation sites is 1. The first kappa shape index (κ1) is 13.4. The molecule has 0 radical (unpaired) electrons. The average molecular weight is 285 g/mol. The molecule has 6 nitrogen and oxygen atoms in total. The van der Waals surface area contributed by atoms with Crippen LogP contribution >= 0.6 is 0 Å². The van der Waals surface area contributed by atoms with Gasteiger partial charge in [0.05, 0.1) is 17.9 Å². The first-order chi connectivity index (χ1) is 10.1. The van der Waals surface area contributed by atoms with E-state index in [-0.39, 0.29) is 18.9 Å². The van der Waals surface area contributed by atoms with Gasteiger partial charge >= 0.3 is 5.97 Å². The highest BCUT2D eigenvalue weighted by atomic mass is 16.4. The Balaban J connectivity index is 1.78. The van der Waals surface area contributed by atoms with E-state index < -0.39 is 12.0 Å². The molecule has 1 amide bonds. The molecule has 108 valence electrons. The molecule has 0 aliphatic carbocycles. The third-order valence-electron chi connectivity index (χ3n) is 3.61. The molecule has 0 bridgehead atoms. The highest BCUT2D eigenvalue weighted by Crippen LogP contribution is 2.21. The van der Waals surface area contributed by atoms with E-state index in [0.29, 0.717) is 12.1 Å². The molecule has 1 atom stereocenters. The van der Waals surface area contributed by atoms with E-state index in [9.17, 15) is 9.59 Å². The molecule has 3 rings (SSSR count). The van der Waals surface area contributed by atoms with Crippen molar-refractivity contribution in [2.24, 2.45) is 0 Å². The molecule has 0 spiro atoms. The molecular weight excluding hydrogens is 270 g/mol. The molecule has 1 aromatic carbocycles. The van der Waals surface area contributed by atoms with Crippen molar-refractivity contribution in [1.82, 2.24) is 14.7 Å². The van der Waals surface area contributed by atoms with E-state index >= 15 is 0 Å². The molecule has 1 N–H and O–H groups in total. The van der Waals surface area contributed by atoms with Crippen molar-refractivity contribution < 1.29 is 14.7 Å². The van der Waals surface area contributed by atoms with Crippen LogP contribution in [-0.4, -0.2) is 37.7 Å². The molecular formula is C15H15N3O3. The minimum Gasteiger partial charge on any atom is -0.480 e. The third kappa shape index (κ3) is 2.65. The largest absolute Gasteiger partial charge is 0.480 e. The Bertz CT molecular complexity index is 666. The summed E-state index contributed by atoms with van der Waals surface area (Å²) in [6, 6.07) is 10.7. The minimum atomic E-state index is -0.955. The lowest BCUT2D eigenvalue weighted by Crippen LogP contribution is -2.38. The number of hydrogen-bond donors (Lipinski definition) is 1. The molecule has 0 saturated carbocycles. The second-order valence-corrected chi connectivity index (χ2v) is 5.00. The monoisotopic (exact) mass is 285 g/mol. The molecule has 2 aromatic rings. The summed E-state index contributed by atoms with van der Waals surface area (Å²) in [5, 5.41) is 13.5. The number of rotatable bonds is 4. The first-order valence-electron chi connectivity index (χ1n) is 6.77. The average Bonchev–Trinajstić information content (AvgIpc) is 3.08. The van der Waals surface area contributed by atoms with Gasteiger partial charge in [-0.2, -0.15) is 5.10 Å². The summed E-state index contributed by atoms with van der Waals surface area (Å²) in [6.45, 7) is 0.232. The standard InChI is InChI=1S/C15H15N3O3/c19-14-7-6-13(15(20)21)17(14)10-11-8-9-18(16-11)12-4-2-1-3-5-12/h1-5,8-9,13H,6-7,10H2,(H,20,21). The zero-order valence-electron chi connectivity index (χ0n) is 11.3. The fourth-order valence-corrected chi connectivity index (χ4v) is 2.53. The zero-order valence-corrected chi connectivity index (χ0v) is 11.3. The van der Waals surface area contributed by atoms with Crippen molar-refractivity contribution in [3.8, 4) is 5.69 Å². The maximum atomic E-state index is 11.8.